The van der Waals surface area contributed by atoms with Crippen LogP contribution in [0.4, 0.5) is 4.79 Å². The molecule has 2 aliphatic heterocycles. The van der Waals surface area contributed by atoms with Gasteiger partial charge in [-0.1, -0.05) is 12.1 Å². The summed E-state index contributed by atoms with van der Waals surface area (Å²) < 4.78 is 5.27. The molecule has 0 radical (unpaired) electrons. The Hall–Kier alpha value is -2.24. The van der Waals surface area contributed by atoms with Crippen LogP contribution in [0.1, 0.15) is 31.7 Å². The molecule has 0 aliphatic carbocycles. The van der Waals surface area contributed by atoms with E-state index in [1.807, 2.05) is 36.1 Å². The van der Waals surface area contributed by atoms with Crippen LogP contribution >= 0.6 is 0 Å². The van der Waals surface area contributed by atoms with Gasteiger partial charge in [0.25, 0.3) is 0 Å². The number of hydrogen-bond acceptors (Lipinski definition) is 3. The van der Waals surface area contributed by atoms with Crippen LogP contribution in [0.5, 0.6) is 5.75 Å². The van der Waals surface area contributed by atoms with Gasteiger partial charge >= 0.3 is 6.03 Å². The molecule has 1 spiro atoms. The molecular formula is C19H27N3O3. The molecule has 6 heteroatoms. The minimum absolute atomic E-state index is 0.0582. The molecule has 0 saturated carbocycles. The van der Waals surface area contributed by atoms with Crippen LogP contribution in [0.25, 0.3) is 0 Å². The Morgan fingerprint density at radius 2 is 2.16 bits per heavy atom. The van der Waals surface area contributed by atoms with Crippen LogP contribution in [-0.2, 0) is 11.3 Å². The topological polar surface area (TPSA) is 61.9 Å². The zero-order valence-corrected chi connectivity index (χ0v) is 15.1. The van der Waals surface area contributed by atoms with Crippen molar-refractivity contribution in [1.82, 2.24) is 15.1 Å². The minimum atomic E-state index is -0.401. The zero-order valence-electron chi connectivity index (χ0n) is 15.1. The molecule has 1 unspecified atom stereocenters. The monoisotopic (exact) mass is 345 g/mol. The number of carbonyl (C=O) groups excluding carboxylic acids is 2. The predicted molar refractivity (Wildman–Crippen MR) is 95.3 cm³/mol. The Balaban J connectivity index is 1.70. The Morgan fingerprint density at radius 1 is 1.32 bits per heavy atom. The molecule has 0 bridgehead atoms. The number of nitrogens with one attached hydrogen (secondary N) is 1. The summed E-state index contributed by atoms with van der Waals surface area (Å²) in [6.45, 7) is 5.08. The lowest BCUT2D eigenvalue weighted by atomic mass is 9.78. The molecule has 25 heavy (non-hydrogen) atoms. The van der Waals surface area contributed by atoms with Crippen molar-refractivity contribution in [3.05, 3.63) is 29.8 Å². The van der Waals surface area contributed by atoms with Crippen LogP contribution in [0.3, 0.4) is 0 Å². The number of likely N-dealkylation sites (tertiary alicyclic amines) is 2. The average Bonchev–Trinajstić information content (AvgIpc) is 3.05. The van der Waals surface area contributed by atoms with E-state index < -0.39 is 5.41 Å². The van der Waals surface area contributed by atoms with Crippen LogP contribution in [0, 0.1) is 5.41 Å². The van der Waals surface area contributed by atoms with Crippen molar-refractivity contribution in [2.24, 2.45) is 5.41 Å². The summed E-state index contributed by atoms with van der Waals surface area (Å²) in [5, 5.41) is 2.84. The Labute approximate surface area is 149 Å². The number of urea groups is 1. The minimum Gasteiger partial charge on any atom is -0.497 e. The summed E-state index contributed by atoms with van der Waals surface area (Å²) >= 11 is 0. The van der Waals surface area contributed by atoms with Crippen molar-refractivity contribution < 1.29 is 14.3 Å². The fraction of sp³-hybridized carbons (Fsp3) is 0.579. The molecule has 6 nitrogen and oxygen atoms in total. The van der Waals surface area contributed by atoms with Crippen molar-refractivity contribution in [3.63, 3.8) is 0 Å². The quantitative estimate of drug-likeness (QED) is 0.910. The van der Waals surface area contributed by atoms with Gasteiger partial charge in [0.15, 0.2) is 0 Å². The van der Waals surface area contributed by atoms with E-state index in [0.29, 0.717) is 26.2 Å². The van der Waals surface area contributed by atoms with Gasteiger partial charge in [0, 0.05) is 32.7 Å². The fourth-order valence-electron chi connectivity index (χ4n) is 3.98. The van der Waals surface area contributed by atoms with E-state index in [1.54, 1.807) is 12.0 Å². The molecule has 2 aliphatic rings. The van der Waals surface area contributed by atoms with E-state index in [-0.39, 0.29) is 11.9 Å². The smallest absolute Gasteiger partial charge is 0.317 e. The summed E-state index contributed by atoms with van der Waals surface area (Å²) in [4.78, 5) is 29.0. The second-order valence-corrected chi connectivity index (χ2v) is 6.97. The molecule has 3 amide bonds. The first-order valence-corrected chi connectivity index (χ1v) is 9.03. The standard InChI is InChI=1S/C19H27N3O3/c1-3-20-18(24)22-11-9-19(14-22)8-5-10-21(17(19)23)13-15-6-4-7-16(12-15)25-2/h4,6-7,12H,3,5,8-11,13-14H2,1-2H3,(H,20,24). The van der Waals surface area contributed by atoms with Crippen LogP contribution < -0.4 is 10.1 Å². The molecule has 1 aromatic rings. The predicted octanol–water partition coefficient (Wildman–Crippen LogP) is 2.24. The first-order chi connectivity index (χ1) is 12.1. The number of nitrogens with zero attached hydrogens (tertiary/aromatic N) is 2. The second kappa shape index (κ2) is 7.33. The third-order valence-corrected chi connectivity index (χ3v) is 5.30. The Bertz CT molecular complexity index is 649. The van der Waals surface area contributed by atoms with Crippen molar-refractivity contribution in [3.8, 4) is 5.75 Å². The molecule has 2 fully saturated rings. The summed E-state index contributed by atoms with van der Waals surface area (Å²) in [5.41, 5.74) is 0.672. The first-order valence-electron chi connectivity index (χ1n) is 9.03. The van der Waals surface area contributed by atoms with E-state index in [1.165, 1.54) is 0 Å². The summed E-state index contributed by atoms with van der Waals surface area (Å²) in [6, 6.07) is 7.79. The lowest BCUT2D eigenvalue weighted by molar-refractivity contribution is -0.146. The second-order valence-electron chi connectivity index (χ2n) is 6.97. The highest BCUT2D eigenvalue weighted by Crippen LogP contribution is 2.40. The van der Waals surface area contributed by atoms with Crippen molar-refractivity contribution in [1.29, 1.82) is 0 Å². The van der Waals surface area contributed by atoms with Crippen molar-refractivity contribution in [2.45, 2.75) is 32.7 Å². The summed E-state index contributed by atoms with van der Waals surface area (Å²) in [6.07, 6.45) is 2.62. The number of methoxy groups -OCH3 is 1. The highest BCUT2D eigenvalue weighted by Gasteiger charge is 2.49. The summed E-state index contributed by atoms with van der Waals surface area (Å²) in [5.74, 6) is 0.994. The van der Waals surface area contributed by atoms with Gasteiger partial charge in [-0.25, -0.2) is 4.79 Å². The van der Waals surface area contributed by atoms with E-state index in [0.717, 1.165) is 37.1 Å². The highest BCUT2D eigenvalue weighted by atomic mass is 16.5. The largest absolute Gasteiger partial charge is 0.497 e. The fourth-order valence-corrected chi connectivity index (χ4v) is 3.98. The molecule has 1 atom stereocenters. The Kier molecular flexibility index (Phi) is 5.16. The zero-order chi connectivity index (χ0) is 17.9. The highest BCUT2D eigenvalue weighted by molar-refractivity contribution is 5.85. The number of carbonyl (C=O) groups is 2. The molecule has 1 aromatic carbocycles. The average molecular weight is 345 g/mol. The number of hydrogen-bond donors (Lipinski definition) is 1. The number of piperidine rings is 1. The van der Waals surface area contributed by atoms with Gasteiger partial charge in [-0.05, 0) is 43.9 Å². The lowest BCUT2D eigenvalue weighted by Gasteiger charge is -2.39. The van der Waals surface area contributed by atoms with Crippen molar-refractivity contribution in [2.75, 3.05) is 33.3 Å². The van der Waals surface area contributed by atoms with E-state index in [2.05, 4.69) is 5.32 Å². The van der Waals surface area contributed by atoms with Crippen molar-refractivity contribution >= 4 is 11.9 Å². The van der Waals surface area contributed by atoms with Gasteiger partial charge < -0.3 is 19.9 Å². The van der Waals surface area contributed by atoms with Gasteiger partial charge in [-0.3, -0.25) is 4.79 Å². The van der Waals surface area contributed by atoms with Crippen LogP contribution in [-0.4, -0.2) is 55.0 Å². The third-order valence-electron chi connectivity index (χ3n) is 5.30. The number of ether oxygens (including phenoxy) is 1. The van der Waals surface area contributed by atoms with Gasteiger partial charge in [0.1, 0.15) is 5.75 Å². The number of rotatable bonds is 4. The third kappa shape index (κ3) is 3.57. The molecular weight excluding hydrogens is 318 g/mol. The SMILES string of the molecule is CCNC(=O)N1CCC2(CCCN(Cc3cccc(OC)c3)C2=O)C1. The van der Waals surface area contributed by atoms with Gasteiger partial charge in [-0.2, -0.15) is 0 Å². The molecule has 1 N–H and O–H groups in total. The van der Waals surface area contributed by atoms with E-state index >= 15 is 0 Å². The van der Waals surface area contributed by atoms with E-state index in [9.17, 15) is 9.59 Å². The van der Waals surface area contributed by atoms with Crippen LogP contribution in [0.2, 0.25) is 0 Å². The van der Waals surface area contributed by atoms with Crippen LogP contribution in [0.15, 0.2) is 24.3 Å². The Morgan fingerprint density at radius 3 is 2.92 bits per heavy atom. The molecule has 0 aromatic heterocycles. The molecule has 3 rings (SSSR count). The maximum absolute atomic E-state index is 13.2. The first kappa shape index (κ1) is 17.6. The number of benzene rings is 1. The summed E-state index contributed by atoms with van der Waals surface area (Å²) in [7, 11) is 1.65. The molecule has 136 valence electrons. The normalized spacial score (nSPS) is 23.2. The van der Waals surface area contributed by atoms with Gasteiger partial charge in [-0.15, -0.1) is 0 Å². The maximum Gasteiger partial charge on any atom is 0.317 e. The number of amides is 3. The molecule has 2 heterocycles. The molecule has 2 saturated heterocycles. The maximum atomic E-state index is 13.2. The van der Waals surface area contributed by atoms with Gasteiger partial charge in [0.05, 0.1) is 12.5 Å². The van der Waals surface area contributed by atoms with Gasteiger partial charge in [0.2, 0.25) is 5.91 Å². The van der Waals surface area contributed by atoms with E-state index in [4.69, 9.17) is 4.74 Å². The lowest BCUT2D eigenvalue weighted by Crippen LogP contribution is -2.50.